The number of ether oxygens (including phenoxy) is 1. The van der Waals surface area contributed by atoms with Crippen molar-refractivity contribution in [1.29, 1.82) is 0 Å². The fourth-order valence-electron chi connectivity index (χ4n) is 2.80. The van der Waals surface area contributed by atoms with Gasteiger partial charge in [-0.2, -0.15) is 0 Å². The van der Waals surface area contributed by atoms with Gasteiger partial charge in [0, 0.05) is 24.5 Å². The van der Waals surface area contributed by atoms with Crippen LogP contribution in [0.25, 0.3) is 6.08 Å². The zero-order chi connectivity index (χ0) is 20.0. The van der Waals surface area contributed by atoms with Gasteiger partial charge >= 0.3 is 0 Å². The number of aliphatic carboxylic acids is 1. The first kappa shape index (κ1) is 19.2. The van der Waals surface area contributed by atoms with Crippen LogP contribution in [0.5, 0.6) is 5.75 Å². The fourth-order valence-corrected chi connectivity index (χ4v) is 2.80. The third-order valence-corrected chi connectivity index (χ3v) is 4.26. The van der Waals surface area contributed by atoms with E-state index in [4.69, 9.17) is 9.57 Å². The summed E-state index contributed by atoms with van der Waals surface area (Å²) in [5, 5.41) is 17.8. The highest BCUT2D eigenvalue weighted by molar-refractivity contribution is 6.07. The summed E-state index contributed by atoms with van der Waals surface area (Å²) < 4.78 is 5.07. The number of hydrogen-bond donors (Lipinski definition) is 1. The van der Waals surface area contributed by atoms with Gasteiger partial charge in [0.25, 0.3) is 5.91 Å². The van der Waals surface area contributed by atoms with Crippen molar-refractivity contribution in [3.63, 3.8) is 0 Å². The first-order valence-electron chi connectivity index (χ1n) is 8.64. The van der Waals surface area contributed by atoms with E-state index in [0.29, 0.717) is 17.1 Å². The van der Waals surface area contributed by atoms with Crippen LogP contribution in [0.4, 0.5) is 5.69 Å². The average Bonchev–Trinajstić information content (AvgIpc) is 3.11. The monoisotopic (exact) mass is 379 g/mol. The van der Waals surface area contributed by atoms with Crippen molar-refractivity contribution in [1.82, 2.24) is 0 Å². The molecule has 1 aliphatic rings. The minimum atomic E-state index is -1.66. The van der Waals surface area contributed by atoms with Gasteiger partial charge in [-0.15, -0.1) is 0 Å². The molecule has 7 heteroatoms. The lowest BCUT2D eigenvalue weighted by atomic mass is 9.92. The number of carboxylic acid groups (broad SMARTS) is 1. The highest BCUT2D eigenvalue weighted by Gasteiger charge is 2.46. The van der Waals surface area contributed by atoms with Crippen LogP contribution in [0, 0.1) is 0 Å². The summed E-state index contributed by atoms with van der Waals surface area (Å²) in [4.78, 5) is 29.3. The third kappa shape index (κ3) is 4.56. The van der Waals surface area contributed by atoms with Gasteiger partial charge < -0.3 is 24.8 Å². The van der Waals surface area contributed by atoms with Gasteiger partial charge in [0.1, 0.15) is 5.75 Å². The van der Waals surface area contributed by atoms with Crippen LogP contribution in [0.15, 0.2) is 65.8 Å². The number of rotatable bonds is 7. The summed E-state index contributed by atoms with van der Waals surface area (Å²) in [5.41, 5.74) is 0.246. The molecular weight excluding hydrogens is 360 g/mol. The summed E-state index contributed by atoms with van der Waals surface area (Å²) >= 11 is 0. The standard InChI is InChI=1S/C21H20N2O5/c1-27-18-11-9-16(10-12-18)22-20(26)21(14-19(24)25)13-17(23-28-21)8-7-15-5-3-2-4-6-15/h2-12H,13-14H2,1H3,(H,22,26)(H,24,25)/p-1/b8-7+/t21-/m0/s1. The third-order valence-electron chi connectivity index (χ3n) is 4.26. The Morgan fingerprint density at radius 2 is 1.89 bits per heavy atom. The summed E-state index contributed by atoms with van der Waals surface area (Å²) in [6, 6.07) is 16.2. The van der Waals surface area contributed by atoms with Crippen LogP contribution >= 0.6 is 0 Å². The Bertz CT molecular complexity index is 906. The van der Waals surface area contributed by atoms with E-state index in [0.717, 1.165) is 5.56 Å². The van der Waals surface area contributed by atoms with Crippen LogP contribution < -0.4 is 15.2 Å². The molecule has 0 aliphatic carbocycles. The second-order valence-corrected chi connectivity index (χ2v) is 6.32. The molecule has 0 fully saturated rings. The molecule has 28 heavy (non-hydrogen) atoms. The van der Waals surface area contributed by atoms with Gasteiger partial charge in [-0.25, -0.2) is 0 Å². The number of allylic oxidation sites excluding steroid dienone is 1. The van der Waals surface area contributed by atoms with Crippen molar-refractivity contribution in [2.45, 2.75) is 18.4 Å². The molecule has 0 bridgehead atoms. The molecule has 2 aromatic carbocycles. The van der Waals surface area contributed by atoms with E-state index in [2.05, 4.69) is 10.5 Å². The zero-order valence-corrected chi connectivity index (χ0v) is 15.3. The number of carbonyl (C=O) groups excluding carboxylic acids is 2. The fraction of sp³-hybridized carbons (Fsp3) is 0.190. The van der Waals surface area contributed by atoms with Crippen LogP contribution in [-0.2, 0) is 14.4 Å². The Hall–Kier alpha value is -3.61. The molecule has 0 unspecified atom stereocenters. The van der Waals surface area contributed by atoms with Crippen molar-refractivity contribution in [3.05, 3.63) is 66.2 Å². The van der Waals surface area contributed by atoms with E-state index in [1.54, 1.807) is 30.3 Å². The maximum Gasteiger partial charge on any atom is 0.272 e. The number of anilines is 1. The molecule has 1 atom stereocenters. The molecule has 0 aromatic heterocycles. The first-order valence-corrected chi connectivity index (χ1v) is 8.64. The van der Waals surface area contributed by atoms with Gasteiger partial charge in [-0.05, 0) is 35.9 Å². The molecule has 0 spiro atoms. The van der Waals surface area contributed by atoms with E-state index in [9.17, 15) is 14.7 Å². The van der Waals surface area contributed by atoms with Crippen molar-refractivity contribution in [3.8, 4) is 5.75 Å². The lowest BCUT2D eigenvalue weighted by Gasteiger charge is -2.25. The van der Waals surface area contributed by atoms with Gasteiger partial charge in [0.15, 0.2) is 0 Å². The Balaban J connectivity index is 1.73. The molecule has 144 valence electrons. The SMILES string of the molecule is COc1ccc(NC(=O)[C@@]2(CC(=O)[O-])CC(/C=C/c3ccccc3)=NO2)cc1. The predicted molar refractivity (Wildman–Crippen MR) is 103 cm³/mol. The second-order valence-electron chi connectivity index (χ2n) is 6.32. The van der Waals surface area contributed by atoms with E-state index < -0.39 is 23.9 Å². The van der Waals surface area contributed by atoms with Crippen molar-refractivity contribution >= 4 is 29.4 Å². The molecule has 0 radical (unpaired) electrons. The van der Waals surface area contributed by atoms with Crippen LogP contribution in [-0.4, -0.2) is 30.3 Å². The molecular formula is C21H19N2O5-. The number of nitrogens with zero attached hydrogens (tertiary/aromatic N) is 1. The lowest BCUT2D eigenvalue weighted by Crippen LogP contribution is -2.47. The maximum absolute atomic E-state index is 12.8. The summed E-state index contributed by atoms with van der Waals surface area (Å²) in [6.45, 7) is 0. The summed E-state index contributed by atoms with van der Waals surface area (Å²) in [7, 11) is 1.54. The van der Waals surface area contributed by atoms with Gasteiger partial charge in [-0.1, -0.05) is 41.6 Å². The number of methoxy groups -OCH3 is 1. The summed E-state index contributed by atoms with van der Waals surface area (Å²) in [5.74, 6) is -1.36. The number of amides is 1. The first-order chi connectivity index (χ1) is 13.5. The smallest absolute Gasteiger partial charge is 0.272 e. The number of hydrogen-bond acceptors (Lipinski definition) is 6. The quantitative estimate of drug-likeness (QED) is 0.793. The van der Waals surface area contributed by atoms with Gasteiger partial charge in [-0.3, -0.25) is 4.79 Å². The Morgan fingerprint density at radius 3 is 2.54 bits per heavy atom. The highest BCUT2D eigenvalue weighted by Crippen LogP contribution is 2.30. The van der Waals surface area contributed by atoms with E-state index >= 15 is 0 Å². The van der Waals surface area contributed by atoms with Gasteiger partial charge in [0.05, 0.1) is 12.8 Å². The van der Waals surface area contributed by atoms with Crippen LogP contribution in [0.3, 0.4) is 0 Å². The zero-order valence-electron chi connectivity index (χ0n) is 15.3. The molecule has 0 saturated heterocycles. The van der Waals surface area contributed by atoms with E-state index in [-0.39, 0.29) is 6.42 Å². The Kier molecular flexibility index (Phi) is 5.74. The lowest BCUT2D eigenvalue weighted by molar-refractivity contribution is -0.309. The van der Waals surface area contributed by atoms with Crippen LogP contribution in [0.2, 0.25) is 0 Å². The number of oxime groups is 1. The number of carbonyl (C=O) groups is 2. The number of carboxylic acids is 1. The summed E-state index contributed by atoms with van der Waals surface area (Å²) in [6.07, 6.45) is 2.93. The molecule has 2 aromatic rings. The molecule has 1 N–H and O–H groups in total. The molecule has 1 amide bonds. The van der Waals surface area contributed by atoms with Crippen molar-refractivity contribution < 1.29 is 24.3 Å². The van der Waals surface area contributed by atoms with E-state index in [1.807, 2.05) is 36.4 Å². The predicted octanol–water partition coefficient (Wildman–Crippen LogP) is 2.00. The average molecular weight is 379 g/mol. The van der Waals surface area contributed by atoms with E-state index in [1.165, 1.54) is 7.11 Å². The van der Waals surface area contributed by atoms with Crippen molar-refractivity contribution in [2.24, 2.45) is 5.16 Å². The number of benzene rings is 2. The topological polar surface area (TPSA) is 100 Å². The molecule has 3 rings (SSSR count). The highest BCUT2D eigenvalue weighted by atomic mass is 16.7. The normalized spacial score (nSPS) is 18.4. The van der Waals surface area contributed by atoms with Crippen molar-refractivity contribution in [2.75, 3.05) is 12.4 Å². The second kappa shape index (κ2) is 8.39. The minimum Gasteiger partial charge on any atom is -0.550 e. The molecule has 1 aliphatic heterocycles. The van der Waals surface area contributed by atoms with Crippen LogP contribution in [0.1, 0.15) is 18.4 Å². The Labute approximate surface area is 162 Å². The molecule has 7 nitrogen and oxygen atoms in total. The molecule has 0 saturated carbocycles. The largest absolute Gasteiger partial charge is 0.550 e. The molecule has 1 heterocycles. The minimum absolute atomic E-state index is 0.0201. The maximum atomic E-state index is 12.8. The Morgan fingerprint density at radius 1 is 1.18 bits per heavy atom. The number of nitrogens with one attached hydrogen (secondary N) is 1. The van der Waals surface area contributed by atoms with Gasteiger partial charge in [0.2, 0.25) is 5.60 Å².